The molecule has 1 aromatic carbocycles. The molecule has 0 aromatic heterocycles. The summed E-state index contributed by atoms with van der Waals surface area (Å²) in [4.78, 5) is 2.26. The van der Waals surface area contributed by atoms with Gasteiger partial charge in [-0.1, -0.05) is 18.2 Å². The number of sulfonamides is 1. The lowest BCUT2D eigenvalue weighted by Gasteiger charge is -2.23. The van der Waals surface area contributed by atoms with Crippen LogP contribution < -0.4 is 4.90 Å². The molecule has 100 valence electrons. The van der Waals surface area contributed by atoms with Crippen molar-refractivity contribution in [1.82, 2.24) is 4.31 Å². The summed E-state index contributed by atoms with van der Waals surface area (Å²) in [6.07, 6.45) is 0.883. The van der Waals surface area contributed by atoms with Crippen molar-refractivity contribution in [2.45, 2.75) is 13.3 Å². The van der Waals surface area contributed by atoms with E-state index in [0.717, 1.165) is 19.5 Å². The Morgan fingerprint density at radius 3 is 2.44 bits per heavy atom. The van der Waals surface area contributed by atoms with Crippen LogP contribution in [-0.4, -0.2) is 44.7 Å². The van der Waals surface area contributed by atoms with Gasteiger partial charge < -0.3 is 4.90 Å². The zero-order valence-electron chi connectivity index (χ0n) is 10.7. The van der Waals surface area contributed by atoms with Crippen LogP contribution >= 0.6 is 0 Å². The quantitative estimate of drug-likeness (QED) is 0.835. The minimum Gasteiger partial charge on any atom is -0.370 e. The molecule has 0 amide bonds. The molecule has 0 spiro atoms. The molecule has 0 unspecified atom stereocenters. The van der Waals surface area contributed by atoms with Crippen molar-refractivity contribution in [3.8, 4) is 0 Å². The molecule has 1 aliphatic heterocycles. The molecule has 2 rings (SSSR count). The normalized spacial score (nSPS) is 18.6. The van der Waals surface area contributed by atoms with Gasteiger partial charge in [0.25, 0.3) is 0 Å². The largest absolute Gasteiger partial charge is 0.370 e. The molecular weight excluding hydrogens is 248 g/mol. The fourth-order valence-electron chi connectivity index (χ4n) is 2.25. The summed E-state index contributed by atoms with van der Waals surface area (Å²) < 4.78 is 25.3. The van der Waals surface area contributed by atoms with Gasteiger partial charge in [-0.3, -0.25) is 0 Å². The predicted octanol–water partition coefficient (Wildman–Crippen LogP) is 1.55. The highest BCUT2D eigenvalue weighted by molar-refractivity contribution is 7.89. The maximum Gasteiger partial charge on any atom is 0.213 e. The molecular formula is C13H20N2O2S. The van der Waals surface area contributed by atoms with Gasteiger partial charge in [0.15, 0.2) is 0 Å². The minimum atomic E-state index is -3.04. The zero-order chi connectivity index (χ0) is 13.0. The van der Waals surface area contributed by atoms with Crippen molar-refractivity contribution in [1.29, 1.82) is 0 Å². The van der Waals surface area contributed by atoms with Crippen LogP contribution in [0, 0.1) is 0 Å². The van der Waals surface area contributed by atoms with E-state index in [4.69, 9.17) is 0 Å². The molecule has 18 heavy (non-hydrogen) atoms. The van der Waals surface area contributed by atoms with E-state index < -0.39 is 10.0 Å². The Morgan fingerprint density at radius 1 is 1.06 bits per heavy atom. The van der Waals surface area contributed by atoms with Crippen LogP contribution in [0.2, 0.25) is 0 Å². The van der Waals surface area contributed by atoms with Crippen molar-refractivity contribution in [2.24, 2.45) is 0 Å². The molecule has 1 fully saturated rings. The Balaban J connectivity index is 2.06. The third-order valence-electron chi connectivity index (χ3n) is 3.33. The summed E-state index contributed by atoms with van der Waals surface area (Å²) in [5.41, 5.74) is 1.17. The van der Waals surface area contributed by atoms with Crippen molar-refractivity contribution in [3.63, 3.8) is 0 Å². The average molecular weight is 268 g/mol. The van der Waals surface area contributed by atoms with Gasteiger partial charge in [-0.2, -0.15) is 0 Å². The number of nitrogens with zero attached hydrogens (tertiary/aromatic N) is 2. The van der Waals surface area contributed by atoms with Gasteiger partial charge in [-0.05, 0) is 25.5 Å². The van der Waals surface area contributed by atoms with Gasteiger partial charge in [0.2, 0.25) is 10.0 Å². The molecule has 0 atom stereocenters. The summed E-state index contributed by atoms with van der Waals surface area (Å²) in [5.74, 6) is 0.193. The summed E-state index contributed by atoms with van der Waals surface area (Å²) in [6, 6.07) is 10.2. The molecule has 0 bridgehead atoms. The van der Waals surface area contributed by atoms with Crippen molar-refractivity contribution >= 4 is 15.7 Å². The van der Waals surface area contributed by atoms with Crippen LogP contribution in [0.15, 0.2) is 30.3 Å². The van der Waals surface area contributed by atoms with Crippen LogP contribution in [0.5, 0.6) is 0 Å². The fourth-order valence-corrected chi connectivity index (χ4v) is 3.38. The van der Waals surface area contributed by atoms with E-state index >= 15 is 0 Å². The highest BCUT2D eigenvalue weighted by Crippen LogP contribution is 2.17. The van der Waals surface area contributed by atoms with E-state index in [-0.39, 0.29) is 5.75 Å². The van der Waals surface area contributed by atoms with Gasteiger partial charge >= 0.3 is 0 Å². The number of hydrogen-bond donors (Lipinski definition) is 0. The van der Waals surface area contributed by atoms with E-state index in [2.05, 4.69) is 17.0 Å². The standard InChI is InChI=1S/C13H20N2O2S/c1-2-18(16,17)15-10-6-9-14(11-12-15)13-7-4-3-5-8-13/h3-5,7-8H,2,6,9-12H2,1H3. The Morgan fingerprint density at radius 2 is 1.78 bits per heavy atom. The SMILES string of the molecule is CCS(=O)(=O)N1CCCN(c2ccccc2)CC1. The summed E-state index contributed by atoms with van der Waals surface area (Å²) in [5, 5.41) is 0. The van der Waals surface area contributed by atoms with Gasteiger partial charge in [0.1, 0.15) is 0 Å². The predicted molar refractivity (Wildman–Crippen MR) is 74.3 cm³/mol. The third kappa shape index (κ3) is 3.03. The molecule has 5 heteroatoms. The van der Waals surface area contributed by atoms with E-state index in [9.17, 15) is 8.42 Å². The Labute approximate surface area is 109 Å². The van der Waals surface area contributed by atoms with Crippen LogP contribution in [-0.2, 0) is 10.0 Å². The second-order valence-electron chi connectivity index (χ2n) is 4.48. The first-order chi connectivity index (χ1) is 8.63. The van der Waals surface area contributed by atoms with Gasteiger partial charge in [-0.25, -0.2) is 12.7 Å². The van der Waals surface area contributed by atoms with Crippen molar-refractivity contribution < 1.29 is 8.42 Å². The van der Waals surface area contributed by atoms with Crippen LogP contribution in [0.4, 0.5) is 5.69 Å². The first-order valence-electron chi connectivity index (χ1n) is 6.41. The molecule has 1 aromatic rings. The van der Waals surface area contributed by atoms with Gasteiger partial charge in [0.05, 0.1) is 5.75 Å². The summed E-state index contributed by atoms with van der Waals surface area (Å²) in [6.45, 7) is 4.61. The highest BCUT2D eigenvalue weighted by Gasteiger charge is 2.23. The molecule has 1 heterocycles. The summed E-state index contributed by atoms with van der Waals surface area (Å²) >= 11 is 0. The van der Waals surface area contributed by atoms with Crippen molar-refractivity contribution in [2.75, 3.05) is 36.8 Å². The van der Waals surface area contributed by atoms with E-state index in [0.29, 0.717) is 13.1 Å². The molecule has 4 nitrogen and oxygen atoms in total. The molecule has 0 aliphatic carbocycles. The maximum absolute atomic E-state index is 11.9. The molecule has 0 radical (unpaired) electrons. The number of para-hydroxylation sites is 1. The Hall–Kier alpha value is -1.07. The van der Waals surface area contributed by atoms with Crippen LogP contribution in [0.1, 0.15) is 13.3 Å². The van der Waals surface area contributed by atoms with Gasteiger partial charge in [-0.15, -0.1) is 0 Å². The fraction of sp³-hybridized carbons (Fsp3) is 0.538. The third-order valence-corrected chi connectivity index (χ3v) is 5.22. The number of anilines is 1. The molecule has 1 saturated heterocycles. The lowest BCUT2D eigenvalue weighted by Crippen LogP contribution is -2.36. The second kappa shape index (κ2) is 5.71. The van der Waals surface area contributed by atoms with Crippen LogP contribution in [0.3, 0.4) is 0 Å². The van der Waals surface area contributed by atoms with E-state index in [1.165, 1.54) is 5.69 Å². The zero-order valence-corrected chi connectivity index (χ0v) is 11.6. The Bertz CT molecular complexity index is 473. The Kier molecular flexibility index (Phi) is 4.24. The smallest absolute Gasteiger partial charge is 0.213 e. The van der Waals surface area contributed by atoms with Crippen molar-refractivity contribution in [3.05, 3.63) is 30.3 Å². The minimum absolute atomic E-state index is 0.193. The highest BCUT2D eigenvalue weighted by atomic mass is 32.2. The molecule has 1 aliphatic rings. The average Bonchev–Trinajstić information content (AvgIpc) is 2.66. The second-order valence-corrected chi connectivity index (χ2v) is 6.73. The van der Waals surface area contributed by atoms with E-state index in [1.807, 2.05) is 18.2 Å². The molecule has 0 saturated carbocycles. The number of rotatable bonds is 3. The lowest BCUT2D eigenvalue weighted by molar-refractivity contribution is 0.434. The maximum atomic E-state index is 11.9. The number of benzene rings is 1. The number of hydrogen-bond acceptors (Lipinski definition) is 3. The van der Waals surface area contributed by atoms with Crippen LogP contribution in [0.25, 0.3) is 0 Å². The molecule has 0 N–H and O–H groups in total. The first-order valence-corrected chi connectivity index (χ1v) is 8.02. The summed E-state index contributed by atoms with van der Waals surface area (Å²) in [7, 11) is -3.04. The first kappa shape index (κ1) is 13.4. The van der Waals surface area contributed by atoms with Gasteiger partial charge in [0, 0.05) is 31.9 Å². The van der Waals surface area contributed by atoms with E-state index in [1.54, 1.807) is 11.2 Å². The lowest BCUT2D eigenvalue weighted by atomic mass is 10.3. The monoisotopic (exact) mass is 268 g/mol. The topological polar surface area (TPSA) is 40.6 Å².